The fourth-order valence-electron chi connectivity index (χ4n) is 3.33. The number of rotatable bonds is 8. The number of carbonyl (C=O) groups excluding carboxylic acids is 1. The Morgan fingerprint density at radius 3 is 2.48 bits per heavy atom. The molecule has 0 bridgehead atoms. The molecule has 29 heavy (non-hydrogen) atoms. The van der Waals surface area contributed by atoms with Gasteiger partial charge in [0.05, 0.1) is 10.2 Å². The number of thiazole rings is 1. The Kier molecular flexibility index (Phi) is 8.19. The maximum atomic E-state index is 13.3. The molecule has 0 fully saturated rings. The van der Waals surface area contributed by atoms with Crippen molar-refractivity contribution in [2.75, 3.05) is 31.1 Å². The molecule has 2 heterocycles. The number of anilines is 1. The van der Waals surface area contributed by atoms with E-state index in [0.717, 1.165) is 47.1 Å². The number of fused-ring (bicyclic) bond motifs is 1. The van der Waals surface area contributed by atoms with Crippen LogP contribution in [-0.2, 0) is 6.54 Å². The molecule has 6 nitrogen and oxygen atoms in total. The minimum absolute atomic E-state index is 0. The number of aryl methyl sites for hydroxylation is 3. The molecule has 1 amide bonds. The van der Waals surface area contributed by atoms with Crippen molar-refractivity contribution in [3.8, 4) is 0 Å². The number of benzene rings is 1. The molecule has 2 aromatic heterocycles. The van der Waals surface area contributed by atoms with Crippen LogP contribution in [0, 0.1) is 13.8 Å². The molecular formula is C21H30ClN5OS. The van der Waals surface area contributed by atoms with E-state index in [9.17, 15) is 4.79 Å². The molecule has 0 aliphatic carbocycles. The lowest BCUT2D eigenvalue weighted by molar-refractivity contribution is 0.0978. The van der Waals surface area contributed by atoms with E-state index in [1.165, 1.54) is 5.56 Å². The van der Waals surface area contributed by atoms with Gasteiger partial charge >= 0.3 is 0 Å². The molecule has 0 atom stereocenters. The van der Waals surface area contributed by atoms with Crippen LogP contribution in [0.1, 0.15) is 42.4 Å². The van der Waals surface area contributed by atoms with E-state index in [4.69, 9.17) is 4.98 Å². The van der Waals surface area contributed by atoms with E-state index in [2.05, 4.69) is 49.8 Å². The third-order valence-electron chi connectivity index (χ3n) is 5.01. The smallest absolute Gasteiger partial charge is 0.280 e. The lowest BCUT2D eigenvalue weighted by Gasteiger charge is -2.24. The van der Waals surface area contributed by atoms with Gasteiger partial charge in [0.25, 0.3) is 5.91 Å². The average Bonchev–Trinajstić information content (AvgIpc) is 3.32. The van der Waals surface area contributed by atoms with Crippen LogP contribution < -0.4 is 4.90 Å². The van der Waals surface area contributed by atoms with Crippen molar-refractivity contribution in [1.82, 2.24) is 19.7 Å². The first-order valence-electron chi connectivity index (χ1n) is 9.92. The molecule has 158 valence electrons. The van der Waals surface area contributed by atoms with Crippen LogP contribution in [-0.4, -0.2) is 51.8 Å². The first-order chi connectivity index (χ1) is 13.5. The van der Waals surface area contributed by atoms with Crippen LogP contribution in [0.4, 0.5) is 5.13 Å². The summed E-state index contributed by atoms with van der Waals surface area (Å²) >= 11 is 1.58. The zero-order valence-corrected chi connectivity index (χ0v) is 19.4. The highest BCUT2D eigenvalue weighted by atomic mass is 35.5. The Morgan fingerprint density at radius 1 is 1.14 bits per heavy atom. The van der Waals surface area contributed by atoms with Crippen LogP contribution in [0.5, 0.6) is 0 Å². The Balaban J connectivity index is 0.00000300. The van der Waals surface area contributed by atoms with Crippen molar-refractivity contribution in [1.29, 1.82) is 0 Å². The summed E-state index contributed by atoms with van der Waals surface area (Å²) in [6.45, 7) is 14.5. The molecule has 0 saturated heterocycles. The monoisotopic (exact) mass is 435 g/mol. The number of amides is 1. The summed E-state index contributed by atoms with van der Waals surface area (Å²) < 4.78 is 2.90. The predicted octanol–water partition coefficient (Wildman–Crippen LogP) is 4.54. The standard InChI is InChI=1S/C21H29N5OS.ClH/c1-6-24(7-2)11-12-26(20(27)17-9-10-25(8-3)23-17)21-22-19-16(5)13-15(4)14-18(19)28-21;/h9-10,13-14H,6-8,11-12H2,1-5H3;1H. The first-order valence-corrected chi connectivity index (χ1v) is 10.7. The molecule has 0 unspecified atom stereocenters. The summed E-state index contributed by atoms with van der Waals surface area (Å²) in [7, 11) is 0. The molecule has 0 aliphatic rings. The van der Waals surface area contributed by atoms with Gasteiger partial charge in [0.1, 0.15) is 0 Å². The van der Waals surface area contributed by atoms with E-state index in [-0.39, 0.29) is 18.3 Å². The minimum Gasteiger partial charge on any atom is -0.302 e. The third-order valence-corrected chi connectivity index (χ3v) is 6.04. The summed E-state index contributed by atoms with van der Waals surface area (Å²) in [5.41, 5.74) is 3.80. The highest BCUT2D eigenvalue weighted by molar-refractivity contribution is 7.22. The van der Waals surface area contributed by atoms with Crippen LogP contribution in [0.2, 0.25) is 0 Å². The number of aromatic nitrogens is 3. The maximum Gasteiger partial charge on any atom is 0.280 e. The number of carbonyl (C=O) groups is 1. The second-order valence-corrected chi connectivity index (χ2v) is 7.97. The van der Waals surface area contributed by atoms with Gasteiger partial charge in [-0.2, -0.15) is 5.10 Å². The maximum absolute atomic E-state index is 13.3. The third kappa shape index (κ3) is 5.15. The highest BCUT2D eigenvalue weighted by Crippen LogP contribution is 2.32. The molecule has 0 N–H and O–H groups in total. The first kappa shape index (κ1) is 23.3. The van der Waals surface area contributed by atoms with Crippen molar-refractivity contribution >= 4 is 45.0 Å². The van der Waals surface area contributed by atoms with Gasteiger partial charge in [0.15, 0.2) is 10.8 Å². The zero-order chi connectivity index (χ0) is 20.3. The highest BCUT2D eigenvalue weighted by Gasteiger charge is 2.24. The fourth-order valence-corrected chi connectivity index (χ4v) is 4.50. The zero-order valence-electron chi connectivity index (χ0n) is 17.8. The Bertz CT molecular complexity index is 963. The fraction of sp³-hybridized carbons (Fsp3) is 0.476. The van der Waals surface area contributed by atoms with Gasteiger partial charge in [-0.25, -0.2) is 4.98 Å². The number of hydrogen-bond acceptors (Lipinski definition) is 5. The molecule has 3 rings (SSSR count). The van der Waals surface area contributed by atoms with Crippen molar-refractivity contribution < 1.29 is 4.79 Å². The average molecular weight is 436 g/mol. The minimum atomic E-state index is -0.0900. The lowest BCUT2D eigenvalue weighted by Crippen LogP contribution is -2.39. The summed E-state index contributed by atoms with van der Waals surface area (Å²) in [6, 6.07) is 6.07. The summed E-state index contributed by atoms with van der Waals surface area (Å²) in [4.78, 5) is 22.2. The molecule has 0 radical (unpaired) electrons. The molecule has 0 saturated carbocycles. The van der Waals surface area contributed by atoms with Gasteiger partial charge in [0.2, 0.25) is 0 Å². The number of hydrogen-bond donors (Lipinski definition) is 0. The van der Waals surface area contributed by atoms with E-state index >= 15 is 0 Å². The van der Waals surface area contributed by atoms with Crippen LogP contribution >= 0.6 is 23.7 Å². The van der Waals surface area contributed by atoms with Crippen molar-refractivity contribution in [3.05, 3.63) is 41.2 Å². The lowest BCUT2D eigenvalue weighted by atomic mass is 10.1. The van der Waals surface area contributed by atoms with Crippen molar-refractivity contribution in [2.45, 2.75) is 41.2 Å². The Labute approximate surface area is 182 Å². The van der Waals surface area contributed by atoms with E-state index in [0.29, 0.717) is 12.2 Å². The number of nitrogens with zero attached hydrogens (tertiary/aromatic N) is 5. The van der Waals surface area contributed by atoms with Gasteiger partial charge in [-0.15, -0.1) is 12.4 Å². The van der Waals surface area contributed by atoms with E-state index in [1.54, 1.807) is 27.0 Å². The van der Waals surface area contributed by atoms with Gasteiger partial charge in [-0.05, 0) is 57.1 Å². The Hall–Kier alpha value is -1.96. The van der Waals surface area contributed by atoms with Crippen LogP contribution in [0.15, 0.2) is 24.4 Å². The summed E-state index contributed by atoms with van der Waals surface area (Å²) in [5.74, 6) is -0.0900. The van der Waals surface area contributed by atoms with Crippen LogP contribution in [0.3, 0.4) is 0 Å². The molecule has 8 heteroatoms. The second kappa shape index (κ2) is 10.2. The number of likely N-dealkylation sites (N-methyl/N-ethyl adjacent to an activating group) is 1. The molecule has 1 aromatic carbocycles. The van der Waals surface area contributed by atoms with E-state index in [1.807, 2.05) is 13.1 Å². The predicted molar refractivity (Wildman–Crippen MR) is 124 cm³/mol. The van der Waals surface area contributed by atoms with Gasteiger partial charge in [-0.1, -0.05) is 31.3 Å². The van der Waals surface area contributed by atoms with Crippen molar-refractivity contribution in [3.63, 3.8) is 0 Å². The molecular weight excluding hydrogens is 406 g/mol. The van der Waals surface area contributed by atoms with E-state index < -0.39 is 0 Å². The summed E-state index contributed by atoms with van der Waals surface area (Å²) in [6.07, 6.45) is 1.85. The molecule has 3 aromatic rings. The Morgan fingerprint density at radius 2 is 1.86 bits per heavy atom. The molecule has 0 aliphatic heterocycles. The van der Waals surface area contributed by atoms with Gasteiger partial charge in [0, 0.05) is 25.8 Å². The second-order valence-electron chi connectivity index (χ2n) is 6.97. The topological polar surface area (TPSA) is 54.3 Å². The summed E-state index contributed by atoms with van der Waals surface area (Å²) in [5, 5.41) is 5.16. The normalized spacial score (nSPS) is 11.1. The van der Waals surface area contributed by atoms with Crippen LogP contribution in [0.25, 0.3) is 10.2 Å². The van der Waals surface area contributed by atoms with Gasteiger partial charge < -0.3 is 4.90 Å². The number of halogens is 1. The molecule has 0 spiro atoms. The van der Waals surface area contributed by atoms with Gasteiger partial charge in [-0.3, -0.25) is 14.4 Å². The van der Waals surface area contributed by atoms with Crippen molar-refractivity contribution in [2.24, 2.45) is 0 Å². The SMILES string of the molecule is CCN(CC)CCN(C(=O)c1ccn(CC)n1)c1nc2c(C)cc(C)cc2s1.Cl. The largest absolute Gasteiger partial charge is 0.302 e. The quantitative estimate of drug-likeness (QED) is 0.521.